The maximum absolute atomic E-state index is 11.7. The van der Waals surface area contributed by atoms with Crippen LogP contribution >= 0.6 is 0 Å². The number of hydrogen-bond acceptors (Lipinski definition) is 3. The van der Waals surface area contributed by atoms with Crippen LogP contribution in [0.25, 0.3) is 0 Å². The Morgan fingerprint density at radius 3 is 2.06 bits per heavy atom. The highest BCUT2D eigenvalue weighted by atomic mass is 16.4. The van der Waals surface area contributed by atoms with Crippen LogP contribution in [0, 0.1) is 11.8 Å². The number of carbonyl (C=O) groups excluding carboxylic acids is 1. The van der Waals surface area contributed by atoms with E-state index in [0.29, 0.717) is 12.5 Å². The monoisotopic (exact) mass is 258 g/mol. The van der Waals surface area contributed by atoms with Crippen LogP contribution < -0.4 is 10.6 Å². The molecule has 0 rings (SSSR count). The van der Waals surface area contributed by atoms with Gasteiger partial charge in [0, 0.05) is 6.54 Å². The van der Waals surface area contributed by atoms with Gasteiger partial charge in [0.1, 0.15) is 6.04 Å². The van der Waals surface area contributed by atoms with Crippen molar-refractivity contribution in [2.24, 2.45) is 11.8 Å². The molecule has 0 heterocycles. The molecule has 0 aromatic rings. The number of rotatable bonds is 8. The third-order valence-electron chi connectivity index (χ3n) is 2.78. The zero-order valence-corrected chi connectivity index (χ0v) is 12.0. The Kier molecular flexibility index (Phi) is 7.59. The Balaban J connectivity index is 4.17. The van der Waals surface area contributed by atoms with Gasteiger partial charge >= 0.3 is 5.97 Å². The van der Waals surface area contributed by atoms with Gasteiger partial charge in [-0.15, -0.1) is 0 Å². The second kappa shape index (κ2) is 8.08. The fourth-order valence-corrected chi connectivity index (χ4v) is 1.53. The van der Waals surface area contributed by atoms with E-state index in [0.717, 1.165) is 6.42 Å². The van der Waals surface area contributed by atoms with E-state index < -0.39 is 18.1 Å². The molecule has 0 aliphatic rings. The zero-order chi connectivity index (χ0) is 14.3. The lowest BCUT2D eigenvalue weighted by Crippen LogP contribution is -2.51. The van der Waals surface area contributed by atoms with Crippen LogP contribution in [0.5, 0.6) is 0 Å². The highest BCUT2D eigenvalue weighted by Gasteiger charge is 2.25. The van der Waals surface area contributed by atoms with Crippen molar-refractivity contribution in [3.63, 3.8) is 0 Å². The largest absolute Gasteiger partial charge is 0.480 e. The van der Waals surface area contributed by atoms with Gasteiger partial charge in [-0.3, -0.25) is 14.9 Å². The van der Waals surface area contributed by atoms with Crippen molar-refractivity contribution >= 4 is 11.9 Å². The maximum atomic E-state index is 11.7. The summed E-state index contributed by atoms with van der Waals surface area (Å²) in [6.45, 7) is 10.1. The number of amides is 1. The summed E-state index contributed by atoms with van der Waals surface area (Å²) >= 11 is 0. The predicted octanol–water partition coefficient (Wildman–Crippen LogP) is 1.24. The molecule has 2 atom stereocenters. The van der Waals surface area contributed by atoms with Gasteiger partial charge in [-0.25, -0.2) is 0 Å². The quantitative estimate of drug-likeness (QED) is 0.612. The molecule has 0 saturated carbocycles. The average Bonchev–Trinajstić information content (AvgIpc) is 2.23. The van der Waals surface area contributed by atoms with Crippen LogP contribution in [0.1, 0.15) is 41.0 Å². The number of nitrogens with one attached hydrogen (secondary N) is 2. The molecule has 3 N–H and O–H groups in total. The van der Waals surface area contributed by atoms with E-state index in [1.165, 1.54) is 0 Å². The van der Waals surface area contributed by atoms with Crippen molar-refractivity contribution in [2.45, 2.75) is 53.1 Å². The van der Waals surface area contributed by atoms with Crippen LogP contribution in [0.4, 0.5) is 0 Å². The van der Waals surface area contributed by atoms with Crippen LogP contribution in [0.2, 0.25) is 0 Å². The molecule has 18 heavy (non-hydrogen) atoms. The second-order valence-electron chi connectivity index (χ2n) is 5.42. The average molecular weight is 258 g/mol. The summed E-state index contributed by atoms with van der Waals surface area (Å²) in [6, 6.07) is -1.20. The maximum Gasteiger partial charge on any atom is 0.320 e. The lowest BCUT2D eigenvalue weighted by molar-refractivity contribution is -0.141. The van der Waals surface area contributed by atoms with Crippen molar-refractivity contribution in [3.8, 4) is 0 Å². The van der Waals surface area contributed by atoms with E-state index in [1.54, 1.807) is 6.92 Å². The first-order chi connectivity index (χ1) is 8.25. The van der Waals surface area contributed by atoms with Gasteiger partial charge in [-0.05, 0) is 25.2 Å². The number of aliphatic carboxylic acids is 1. The van der Waals surface area contributed by atoms with E-state index >= 15 is 0 Å². The highest BCUT2D eigenvalue weighted by molar-refractivity contribution is 5.82. The van der Waals surface area contributed by atoms with Crippen molar-refractivity contribution in [1.82, 2.24) is 10.6 Å². The first kappa shape index (κ1) is 16.9. The lowest BCUT2D eigenvalue weighted by atomic mass is 10.0. The van der Waals surface area contributed by atoms with E-state index in [4.69, 9.17) is 5.11 Å². The molecule has 0 aliphatic heterocycles. The number of carbonyl (C=O) groups is 2. The van der Waals surface area contributed by atoms with Crippen LogP contribution in [-0.4, -0.2) is 35.6 Å². The topological polar surface area (TPSA) is 78.4 Å². The van der Waals surface area contributed by atoms with Gasteiger partial charge in [-0.2, -0.15) is 0 Å². The van der Waals surface area contributed by atoms with E-state index in [2.05, 4.69) is 24.5 Å². The molecule has 0 radical (unpaired) electrons. The molecule has 0 aromatic carbocycles. The van der Waals surface area contributed by atoms with E-state index in [-0.39, 0.29) is 11.8 Å². The standard InChI is InChI=1S/C13H26N2O3/c1-8(2)6-7-14-12(16)10(5)15-11(9(3)4)13(17)18/h8-11,15H,6-7H2,1-5H3,(H,14,16)(H,17,18). The summed E-state index contributed by atoms with van der Waals surface area (Å²) < 4.78 is 0. The Morgan fingerprint density at radius 2 is 1.67 bits per heavy atom. The van der Waals surface area contributed by atoms with Crippen molar-refractivity contribution in [3.05, 3.63) is 0 Å². The number of carboxylic acid groups (broad SMARTS) is 1. The van der Waals surface area contributed by atoms with Gasteiger partial charge in [0.05, 0.1) is 6.04 Å². The summed E-state index contributed by atoms with van der Waals surface area (Å²) in [5.41, 5.74) is 0. The molecule has 0 bridgehead atoms. The van der Waals surface area contributed by atoms with Crippen LogP contribution in [0.15, 0.2) is 0 Å². The van der Waals surface area contributed by atoms with Gasteiger partial charge in [-0.1, -0.05) is 27.7 Å². The summed E-state index contributed by atoms with van der Waals surface area (Å²) in [5.74, 6) is -0.598. The summed E-state index contributed by atoms with van der Waals surface area (Å²) in [6.07, 6.45) is 0.922. The van der Waals surface area contributed by atoms with Gasteiger partial charge < -0.3 is 10.4 Å². The number of hydrogen-bond donors (Lipinski definition) is 3. The summed E-state index contributed by atoms with van der Waals surface area (Å²) in [7, 11) is 0. The van der Waals surface area contributed by atoms with E-state index in [1.807, 2.05) is 13.8 Å². The van der Waals surface area contributed by atoms with Crippen molar-refractivity contribution in [2.75, 3.05) is 6.54 Å². The fourth-order valence-electron chi connectivity index (χ4n) is 1.53. The predicted molar refractivity (Wildman–Crippen MR) is 71.3 cm³/mol. The molecule has 5 heteroatoms. The van der Waals surface area contributed by atoms with Gasteiger partial charge in [0.25, 0.3) is 0 Å². The molecule has 0 saturated heterocycles. The number of carboxylic acids is 1. The Morgan fingerprint density at radius 1 is 1.11 bits per heavy atom. The zero-order valence-electron chi connectivity index (χ0n) is 12.0. The SMILES string of the molecule is CC(C)CCNC(=O)C(C)NC(C(=O)O)C(C)C. The summed E-state index contributed by atoms with van der Waals surface area (Å²) in [4.78, 5) is 22.7. The molecule has 0 spiro atoms. The molecular weight excluding hydrogens is 232 g/mol. The molecule has 1 amide bonds. The lowest BCUT2D eigenvalue weighted by Gasteiger charge is -2.22. The minimum atomic E-state index is -0.924. The molecule has 5 nitrogen and oxygen atoms in total. The third-order valence-corrected chi connectivity index (χ3v) is 2.78. The molecule has 106 valence electrons. The first-order valence-electron chi connectivity index (χ1n) is 6.52. The van der Waals surface area contributed by atoms with Crippen molar-refractivity contribution in [1.29, 1.82) is 0 Å². The molecule has 0 fully saturated rings. The molecule has 0 aliphatic carbocycles. The smallest absolute Gasteiger partial charge is 0.320 e. The fraction of sp³-hybridized carbons (Fsp3) is 0.846. The normalized spacial score (nSPS) is 14.6. The van der Waals surface area contributed by atoms with Crippen LogP contribution in [0.3, 0.4) is 0 Å². The van der Waals surface area contributed by atoms with E-state index in [9.17, 15) is 9.59 Å². The first-order valence-corrected chi connectivity index (χ1v) is 6.52. The molecular formula is C13H26N2O3. The Hall–Kier alpha value is -1.10. The highest BCUT2D eigenvalue weighted by Crippen LogP contribution is 2.03. The van der Waals surface area contributed by atoms with Gasteiger partial charge in [0.15, 0.2) is 0 Å². The van der Waals surface area contributed by atoms with Crippen LogP contribution in [-0.2, 0) is 9.59 Å². The summed E-state index contributed by atoms with van der Waals surface area (Å²) in [5, 5.41) is 14.7. The Labute approximate surface area is 109 Å². The van der Waals surface area contributed by atoms with Crippen molar-refractivity contribution < 1.29 is 14.7 Å². The Bertz CT molecular complexity index is 277. The third kappa shape index (κ3) is 6.59. The minimum absolute atomic E-state index is 0.0617. The molecule has 2 unspecified atom stereocenters. The minimum Gasteiger partial charge on any atom is -0.480 e. The van der Waals surface area contributed by atoms with Gasteiger partial charge in [0.2, 0.25) is 5.91 Å². The second-order valence-corrected chi connectivity index (χ2v) is 5.42. The molecule has 0 aromatic heterocycles.